The van der Waals surface area contributed by atoms with Gasteiger partial charge >= 0.3 is 0 Å². The Labute approximate surface area is 143 Å². The van der Waals surface area contributed by atoms with Crippen molar-refractivity contribution in [3.63, 3.8) is 0 Å². The lowest BCUT2D eigenvalue weighted by Crippen LogP contribution is -2.39. The first-order valence-corrected chi connectivity index (χ1v) is 9.25. The highest BCUT2D eigenvalue weighted by Gasteiger charge is 2.30. The van der Waals surface area contributed by atoms with Gasteiger partial charge in [-0.25, -0.2) is 4.98 Å². The van der Waals surface area contributed by atoms with E-state index >= 15 is 0 Å². The highest BCUT2D eigenvalue weighted by molar-refractivity contribution is 5.50. The van der Waals surface area contributed by atoms with Crippen LogP contribution in [0.4, 0.5) is 11.8 Å². The Kier molecular flexibility index (Phi) is 3.25. The lowest BCUT2D eigenvalue weighted by molar-refractivity contribution is 0.586. The summed E-state index contributed by atoms with van der Waals surface area (Å²) in [6, 6.07) is 12.1. The quantitative estimate of drug-likeness (QED) is 0.928. The standard InChI is InChI=1S/C20H24N4/c1-13-10-15-4-2-3-5-16(15)12-24(13)19-11-18(14-6-7-14)22-20(23-19)21-17-8-9-17/h2-5,11,13-14,17H,6-10,12H2,1H3,(H,21,22,23)/t13-/m0/s1. The molecule has 124 valence electrons. The largest absolute Gasteiger partial charge is 0.351 e. The van der Waals surface area contributed by atoms with E-state index in [4.69, 9.17) is 9.97 Å². The van der Waals surface area contributed by atoms with Crippen LogP contribution in [-0.4, -0.2) is 22.1 Å². The summed E-state index contributed by atoms with van der Waals surface area (Å²) in [6.45, 7) is 3.25. The highest BCUT2D eigenvalue weighted by atomic mass is 15.3. The maximum absolute atomic E-state index is 4.87. The van der Waals surface area contributed by atoms with Gasteiger partial charge in [-0.1, -0.05) is 24.3 Å². The van der Waals surface area contributed by atoms with E-state index in [1.54, 1.807) is 0 Å². The van der Waals surface area contributed by atoms with Crippen LogP contribution in [0.2, 0.25) is 0 Å². The smallest absolute Gasteiger partial charge is 0.225 e. The van der Waals surface area contributed by atoms with E-state index in [2.05, 4.69) is 47.5 Å². The Bertz CT molecular complexity index is 764. The summed E-state index contributed by atoms with van der Waals surface area (Å²) in [6.07, 6.45) is 6.14. The summed E-state index contributed by atoms with van der Waals surface area (Å²) in [4.78, 5) is 12.1. The molecule has 2 fully saturated rings. The lowest BCUT2D eigenvalue weighted by atomic mass is 9.95. The van der Waals surface area contributed by atoms with Crippen molar-refractivity contribution >= 4 is 11.8 Å². The maximum Gasteiger partial charge on any atom is 0.225 e. The average molecular weight is 320 g/mol. The fraction of sp³-hybridized carbons (Fsp3) is 0.500. The molecule has 3 aliphatic rings. The monoisotopic (exact) mass is 320 g/mol. The summed E-state index contributed by atoms with van der Waals surface area (Å²) in [7, 11) is 0. The van der Waals surface area contributed by atoms with Gasteiger partial charge in [0.15, 0.2) is 0 Å². The molecule has 24 heavy (non-hydrogen) atoms. The van der Waals surface area contributed by atoms with Gasteiger partial charge in [0.2, 0.25) is 5.95 Å². The minimum absolute atomic E-state index is 0.468. The third-order valence-electron chi connectivity index (χ3n) is 5.44. The molecular weight excluding hydrogens is 296 g/mol. The van der Waals surface area contributed by atoms with E-state index in [1.165, 1.54) is 42.5 Å². The van der Waals surface area contributed by atoms with Crippen LogP contribution in [0.5, 0.6) is 0 Å². The molecule has 1 aromatic carbocycles. The van der Waals surface area contributed by atoms with Crippen molar-refractivity contribution in [2.45, 2.75) is 63.6 Å². The molecule has 1 N–H and O–H groups in total. The van der Waals surface area contributed by atoms with Crippen molar-refractivity contribution < 1.29 is 0 Å². The molecule has 5 rings (SSSR count). The molecule has 1 aromatic heterocycles. The molecule has 4 heteroatoms. The molecule has 1 aliphatic heterocycles. The second kappa shape index (κ2) is 5.47. The summed E-state index contributed by atoms with van der Waals surface area (Å²) < 4.78 is 0. The van der Waals surface area contributed by atoms with Crippen LogP contribution in [0, 0.1) is 0 Å². The molecule has 1 atom stereocenters. The zero-order valence-electron chi connectivity index (χ0n) is 14.2. The van der Waals surface area contributed by atoms with Crippen LogP contribution in [-0.2, 0) is 13.0 Å². The van der Waals surface area contributed by atoms with Crippen LogP contribution in [0.15, 0.2) is 30.3 Å². The number of anilines is 2. The van der Waals surface area contributed by atoms with E-state index in [1.807, 2.05) is 0 Å². The van der Waals surface area contributed by atoms with Crippen molar-refractivity contribution in [2.75, 3.05) is 10.2 Å². The van der Waals surface area contributed by atoms with Crippen LogP contribution >= 0.6 is 0 Å². The topological polar surface area (TPSA) is 41.1 Å². The van der Waals surface area contributed by atoms with Gasteiger partial charge in [0.25, 0.3) is 0 Å². The molecule has 0 unspecified atom stereocenters. The highest BCUT2D eigenvalue weighted by Crippen LogP contribution is 2.41. The number of hydrogen-bond donors (Lipinski definition) is 1. The van der Waals surface area contributed by atoms with Gasteiger partial charge in [0.1, 0.15) is 5.82 Å². The molecule has 0 amide bonds. The molecule has 0 saturated heterocycles. The number of hydrogen-bond acceptors (Lipinski definition) is 4. The van der Waals surface area contributed by atoms with Crippen molar-refractivity contribution in [3.8, 4) is 0 Å². The van der Waals surface area contributed by atoms with Gasteiger partial charge in [-0.2, -0.15) is 4.98 Å². The molecular formula is C20H24N4. The predicted molar refractivity (Wildman–Crippen MR) is 96.4 cm³/mol. The zero-order valence-corrected chi connectivity index (χ0v) is 14.2. The number of nitrogens with one attached hydrogen (secondary N) is 1. The van der Waals surface area contributed by atoms with Crippen molar-refractivity contribution in [1.29, 1.82) is 0 Å². The Morgan fingerprint density at radius 1 is 1.04 bits per heavy atom. The second-order valence-electron chi connectivity index (χ2n) is 7.62. The summed E-state index contributed by atoms with van der Waals surface area (Å²) in [5.41, 5.74) is 4.14. The van der Waals surface area contributed by atoms with E-state index in [0.29, 0.717) is 18.0 Å². The lowest BCUT2D eigenvalue weighted by Gasteiger charge is -2.36. The van der Waals surface area contributed by atoms with Crippen LogP contribution in [0.1, 0.15) is 55.3 Å². The summed E-state index contributed by atoms with van der Waals surface area (Å²) in [5.74, 6) is 2.58. The number of aromatic nitrogens is 2. The number of fused-ring (bicyclic) bond motifs is 1. The van der Waals surface area contributed by atoms with Crippen LogP contribution in [0.25, 0.3) is 0 Å². The van der Waals surface area contributed by atoms with E-state index < -0.39 is 0 Å². The Morgan fingerprint density at radius 3 is 2.58 bits per heavy atom. The zero-order chi connectivity index (χ0) is 16.1. The van der Waals surface area contributed by atoms with Gasteiger partial charge in [0, 0.05) is 30.6 Å². The van der Waals surface area contributed by atoms with Crippen LogP contribution < -0.4 is 10.2 Å². The molecule has 2 saturated carbocycles. The summed E-state index contributed by atoms with van der Waals surface area (Å²) >= 11 is 0. The van der Waals surface area contributed by atoms with Crippen molar-refractivity contribution in [1.82, 2.24) is 9.97 Å². The molecule has 4 nitrogen and oxygen atoms in total. The molecule has 2 aromatic rings. The minimum Gasteiger partial charge on any atom is -0.351 e. The van der Waals surface area contributed by atoms with Gasteiger partial charge in [0.05, 0.1) is 5.69 Å². The third-order valence-corrected chi connectivity index (χ3v) is 5.44. The fourth-order valence-electron chi connectivity index (χ4n) is 3.65. The number of rotatable bonds is 4. The Morgan fingerprint density at radius 2 is 1.83 bits per heavy atom. The molecule has 0 spiro atoms. The molecule has 2 heterocycles. The SMILES string of the molecule is C[C@H]1Cc2ccccc2CN1c1cc(C2CC2)nc(NC2CC2)n1. The molecule has 0 radical (unpaired) electrons. The van der Waals surface area contributed by atoms with Crippen molar-refractivity contribution in [2.24, 2.45) is 0 Å². The first-order valence-electron chi connectivity index (χ1n) is 9.25. The van der Waals surface area contributed by atoms with Crippen molar-refractivity contribution in [3.05, 3.63) is 47.2 Å². The van der Waals surface area contributed by atoms with Gasteiger partial charge < -0.3 is 10.2 Å². The van der Waals surface area contributed by atoms with E-state index in [0.717, 1.165) is 24.7 Å². The number of benzene rings is 1. The van der Waals surface area contributed by atoms with Gasteiger partial charge in [-0.05, 0) is 50.2 Å². The maximum atomic E-state index is 4.87. The normalized spacial score (nSPS) is 23.0. The minimum atomic E-state index is 0.468. The summed E-state index contributed by atoms with van der Waals surface area (Å²) in [5, 5.41) is 3.50. The first kappa shape index (κ1) is 14.3. The van der Waals surface area contributed by atoms with Crippen LogP contribution in [0.3, 0.4) is 0 Å². The first-order chi connectivity index (χ1) is 11.8. The van der Waals surface area contributed by atoms with Gasteiger partial charge in [-0.3, -0.25) is 0 Å². The Balaban J connectivity index is 1.49. The van der Waals surface area contributed by atoms with E-state index in [-0.39, 0.29) is 0 Å². The second-order valence-corrected chi connectivity index (χ2v) is 7.62. The van der Waals surface area contributed by atoms with E-state index in [9.17, 15) is 0 Å². The Hall–Kier alpha value is -2.10. The molecule has 0 bridgehead atoms. The van der Waals surface area contributed by atoms with Gasteiger partial charge in [-0.15, -0.1) is 0 Å². The fourth-order valence-corrected chi connectivity index (χ4v) is 3.65. The third kappa shape index (κ3) is 2.74. The number of nitrogens with zero attached hydrogens (tertiary/aromatic N) is 3. The predicted octanol–water partition coefficient (Wildman–Crippen LogP) is 3.88. The molecule has 2 aliphatic carbocycles. The average Bonchev–Trinajstić information content (AvgIpc) is 3.47.